The van der Waals surface area contributed by atoms with E-state index in [1.54, 1.807) is 17.4 Å². The molecule has 108 valence electrons. The fourth-order valence-electron chi connectivity index (χ4n) is 2.69. The number of primary amides is 1. The smallest absolute Gasteiger partial charge is 0.248 e. The standard InChI is InChI=1S/C14H15N5OS/c15-13(20)9-1-2-10-11(7-9)21-14-17-12(8-19(10)14)18-5-3-16-4-6-18/h1-2,7-8,16H,3-6H2,(H2,15,20). The maximum atomic E-state index is 11.3. The number of piperazine rings is 1. The van der Waals surface area contributed by atoms with E-state index in [2.05, 4.69) is 20.8 Å². The fourth-order valence-corrected chi connectivity index (χ4v) is 3.73. The van der Waals surface area contributed by atoms with Gasteiger partial charge in [-0.05, 0) is 18.2 Å². The van der Waals surface area contributed by atoms with Gasteiger partial charge in [0.05, 0.1) is 16.4 Å². The van der Waals surface area contributed by atoms with Crippen LogP contribution in [-0.2, 0) is 0 Å². The second kappa shape index (κ2) is 4.71. The van der Waals surface area contributed by atoms with E-state index in [1.165, 1.54) is 0 Å². The lowest BCUT2D eigenvalue weighted by Gasteiger charge is -2.27. The van der Waals surface area contributed by atoms with Crippen LogP contribution in [0.1, 0.15) is 10.4 Å². The molecule has 0 atom stereocenters. The van der Waals surface area contributed by atoms with Crippen molar-refractivity contribution >= 4 is 38.2 Å². The van der Waals surface area contributed by atoms with Gasteiger partial charge in [0.25, 0.3) is 0 Å². The number of anilines is 1. The molecular weight excluding hydrogens is 286 g/mol. The molecule has 4 rings (SSSR count). The van der Waals surface area contributed by atoms with E-state index < -0.39 is 5.91 Å². The molecule has 0 radical (unpaired) electrons. The highest BCUT2D eigenvalue weighted by molar-refractivity contribution is 7.23. The first-order chi connectivity index (χ1) is 10.2. The van der Waals surface area contributed by atoms with Crippen LogP contribution < -0.4 is 16.0 Å². The molecule has 0 saturated carbocycles. The van der Waals surface area contributed by atoms with Crippen LogP contribution in [0.25, 0.3) is 15.2 Å². The molecule has 3 N–H and O–H groups in total. The quantitative estimate of drug-likeness (QED) is 0.742. The van der Waals surface area contributed by atoms with E-state index in [4.69, 9.17) is 10.7 Å². The van der Waals surface area contributed by atoms with Crippen LogP contribution in [0, 0.1) is 0 Å². The average molecular weight is 301 g/mol. The summed E-state index contributed by atoms with van der Waals surface area (Å²) in [6.07, 6.45) is 2.07. The van der Waals surface area contributed by atoms with Crippen molar-refractivity contribution in [3.8, 4) is 0 Å². The van der Waals surface area contributed by atoms with Gasteiger partial charge in [-0.15, -0.1) is 0 Å². The molecule has 2 aromatic heterocycles. The van der Waals surface area contributed by atoms with E-state index in [1.807, 2.05) is 12.1 Å². The number of benzene rings is 1. The molecule has 1 fully saturated rings. The molecule has 0 unspecified atom stereocenters. The van der Waals surface area contributed by atoms with Crippen molar-refractivity contribution in [2.24, 2.45) is 5.73 Å². The van der Waals surface area contributed by atoms with Crippen molar-refractivity contribution in [2.75, 3.05) is 31.1 Å². The number of nitrogens with zero attached hydrogens (tertiary/aromatic N) is 3. The van der Waals surface area contributed by atoms with Gasteiger partial charge in [-0.25, -0.2) is 4.98 Å². The lowest BCUT2D eigenvalue weighted by molar-refractivity contribution is 0.100. The zero-order valence-corrected chi connectivity index (χ0v) is 12.2. The number of carbonyl (C=O) groups is 1. The van der Waals surface area contributed by atoms with Gasteiger partial charge in [-0.2, -0.15) is 0 Å². The first-order valence-corrected chi connectivity index (χ1v) is 7.71. The predicted octanol–water partition coefficient (Wildman–Crippen LogP) is 1.06. The molecule has 3 aromatic rings. The van der Waals surface area contributed by atoms with Crippen LogP contribution in [0.5, 0.6) is 0 Å². The summed E-state index contributed by atoms with van der Waals surface area (Å²) in [4.78, 5) is 19.2. The Morgan fingerprint density at radius 3 is 2.90 bits per heavy atom. The molecule has 7 heteroatoms. The van der Waals surface area contributed by atoms with E-state index in [-0.39, 0.29) is 0 Å². The van der Waals surface area contributed by atoms with E-state index in [9.17, 15) is 4.79 Å². The molecule has 1 aromatic carbocycles. The Morgan fingerprint density at radius 2 is 2.14 bits per heavy atom. The monoisotopic (exact) mass is 301 g/mol. The van der Waals surface area contributed by atoms with Crippen molar-refractivity contribution in [2.45, 2.75) is 0 Å². The van der Waals surface area contributed by atoms with E-state index in [0.29, 0.717) is 5.56 Å². The van der Waals surface area contributed by atoms with E-state index in [0.717, 1.165) is 47.2 Å². The third-order valence-electron chi connectivity index (χ3n) is 3.81. The Bertz CT molecular complexity index is 830. The summed E-state index contributed by atoms with van der Waals surface area (Å²) in [6, 6.07) is 5.53. The van der Waals surface area contributed by atoms with Crippen LogP contribution in [0.2, 0.25) is 0 Å². The summed E-state index contributed by atoms with van der Waals surface area (Å²) in [7, 11) is 0. The van der Waals surface area contributed by atoms with Crippen molar-refractivity contribution in [3.63, 3.8) is 0 Å². The largest absolute Gasteiger partial charge is 0.366 e. The van der Waals surface area contributed by atoms with Gasteiger partial charge in [0, 0.05) is 31.7 Å². The van der Waals surface area contributed by atoms with Crippen molar-refractivity contribution in [1.29, 1.82) is 0 Å². The Morgan fingerprint density at radius 1 is 1.33 bits per heavy atom. The molecule has 1 saturated heterocycles. The Hall–Kier alpha value is -2.12. The summed E-state index contributed by atoms with van der Waals surface area (Å²) in [6.45, 7) is 3.95. The number of nitrogens with two attached hydrogens (primary N) is 1. The number of thiazole rings is 1. The summed E-state index contributed by atoms with van der Waals surface area (Å²) in [5, 5.41) is 3.34. The number of carbonyl (C=O) groups excluding carboxylic acids is 1. The number of amides is 1. The Balaban J connectivity index is 1.80. The summed E-state index contributed by atoms with van der Waals surface area (Å²) >= 11 is 1.58. The minimum atomic E-state index is -0.399. The van der Waals surface area contributed by atoms with Gasteiger partial charge in [0.2, 0.25) is 5.91 Å². The molecule has 0 spiro atoms. The van der Waals surface area contributed by atoms with Gasteiger partial charge in [-0.1, -0.05) is 11.3 Å². The molecule has 3 heterocycles. The molecular formula is C14H15N5OS. The minimum absolute atomic E-state index is 0.399. The van der Waals surface area contributed by atoms with Gasteiger partial charge < -0.3 is 16.0 Å². The maximum absolute atomic E-state index is 11.3. The van der Waals surface area contributed by atoms with Gasteiger partial charge in [0.15, 0.2) is 4.96 Å². The third-order valence-corrected chi connectivity index (χ3v) is 4.82. The normalized spacial score (nSPS) is 15.9. The van der Waals surface area contributed by atoms with Crippen molar-refractivity contribution < 1.29 is 4.79 Å². The fraction of sp³-hybridized carbons (Fsp3) is 0.286. The van der Waals surface area contributed by atoms with Crippen LogP contribution >= 0.6 is 11.3 Å². The van der Waals surface area contributed by atoms with Crippen molar-refractivity contribution in [1.82, 2.24) is 14.7 Å². The van der Waals surface area contributed by atoms with Gasteiger partial charge >= 0.3 is 0 Å². The van der Waals surface area contributed by atoms with Crippen LogP contribution in [-0.4, -0.2) is 41.5 Å². The van der Waals surface area contributed by atoms with Crippen LogP contribution in [0.15, 0.2) is 24.4 Å². The Kier molecular flexibility index (Phi) is 2.83. The predicted molar refractivity (Wildman–Crippen MR) is 84.2 cm³/mol. The van der Waals surface area contributed by atoms with Crippen LogP contribution in [0.3, 0.4) is 0 Å². The first kappa shape index (κ1) is 12.6. The number of rotatable bonds is 2. The highest BCUT2D eigenvalue weighted by Gasteiger charge is 2.16. The number of hydrogen-bond acceptors (Lipinski definition) is 5. The number of imidazole rings is 1. The molecule has 1 amide bonds. The molecule has 0 aliphatic carbocycles. The second-order valence-corrected chi connectivity index (χ2v) is 6.15. The topological polar surface area (TPSA) is 75.7 Å². The first-order valence-electron chi connectivity index (χ1n) is 6.89. The number of nitrogens with one attached hydrogen (secondary N) is 1. The zero-order valence-electron chi connectivity index (χ0n) is 11.4. The molecule has 21 heavy (non-hydrogen) atoms. The summed E-state index contributed by atoms with van der Waals surface area (Å²) in [5.74, 6) is 0.619. The lowest BCUT2D eigenvalue weighted by atomic mass is 10.2. The molecule has 1 aliphatic heterocycles. The second-order valence-electron chi connectivity index (χ2n) is 5.14. The van der Waals surface area contributed by atoms with Crippen LogP contribution in [0.4, 0.5) is 5.82 Å². The summed E-state index contributed by atoms with van der Waals surface area (Å²) < 4.78 is 3.11. The highest BCUT2D eigenvalue weighted by Crippen LogP contribution is 2.29. The van der Waals surface area contributed by atoms with E-state index >= 15 is 0 Å². The van der Waals surface area contributed by atoms with Crippen molar-refractivity contribution in [3.05, 3.63) is 30.0 Å². The molecule has 0 bridgehead atoms. The average Bonchev–Trinajstić information content (AvgIpc) is 3.04. The summed E-state index contributed by atoms with van der Waals surface area (Å²) in [5.41, 5.74) is 6.93. The zero-order chi connectivity index (χ0) is 14.4. The minimum Gasteiger partial charge on any atom is -0.366 e. The molecule has 1 aliphatic rings. The SMILES string of the molecule is NC(=O)c1ccc2c(c1)sc1nc(N3CCNCC3)cn12. The maximum Gasteiger partial charge on any atom is 0.248 e. The van der Waals surface area contributed by atoms with Gasteiger partial charge in [0.1, 0.15) is 5.82 Å². The molecule has 6 nitrogen and oxygen atoms in total. The third kappa shape index (κ3) is 2.05. The number of hydrogen-bond donors (Lipinski definition) is 2. The number of fused-ring (bicyclic) bond motifs is 3. The number of aromatic nitrogens is 2. The lowest BCUT2D eigenvalue weighted by Crippen LogP contribution is -2.43. The Labute approximate surface area is 125 Å². The van der Waals surface area contributed by atoms with Gasteiger partial charge in [-0.3, -0.25) is 9.20 Å². The highest BCUT2D eigenvalue weighted by atomic mass is 32.1.